The molecule has 2 rings (SSSR count). The van der Waals surface area contributed by atoms with Gasteiger partial charge < -0.3 is 20.3 Å². The van der Waals surface area contributed by atoms with Crippen molar-refractivity contribution < 1.29 is 32.4 Å². The first-order valence-corrected chi connectivity index (χ1v) is 8.47. The highest BCUT2D eigenvalue weighted by molar-refractivity contribution is 6.31. The molecular weight excluding hydrogens is 399 g/mol. The van der Waals surface area contributed by atoms with Gasteiger partial charge in [-0.1, -0.05) is 11.6 Å². The molecule has 0 fully saturated rings. The maximum absolute atomic E-state index is 13.6. The van der Waals surface area contributed by atoms with Crippen molar-refractivity contribution in [3.05, 3.63) is 52.8 Å². The fourth-order valence-electron chi connectivity index (χ4n) is 2.40. The van der Waals surface area contributed by atoms with E-state index in [0.717, 1.165) is 6.07 Å². The van der Waals surface area contributed by atoms with E-state index < -0.39 is 35.0 Å². The van der Waals surface area contributed by atoms with E-state index in [1.807, 2.05) is 0 Å². The first-order chi connectivity index (χ1) is 13.2. The fourth-order valence-corrected chi connectivity index (χ4v) is 2.57. The van der Waals surface area contributed by atoms with Crippen molar-refractivity contribution in [1.82, 2.24) is 0 Å². The van der Waals surface area contributed by atoms with Crippen LogP contribution in [0.1, 0.15) is 0 Å². The zero-order chi connectivity index (χ0) is 20.8. The Hall–Kier alpha value is -2.78. The predicted octanol–water partition coefficient (Wildman–Crippen LogP) is 1.86. The van der Waals surface area contributed by atoms with Gasteiger partial charge in [0.25, 0.3) is 11.8 Å². The van der Waals surface area contributed by atoms with Crippen LogP contribution in [0, 0.1) is 17.5 Å². The summed E-state index contributed by atoms with van der Waals surface area (Å²) in [6.07, 6.45) is 0. The van der Waals surface area contributed by atoms with E-state index in [0.29, 0.717) is 27.4 Å². The summed E-state index contributed by atoms with van der Waals surface area (Å²) in [5.41, 5.74) is -0.106. The second-order valence-electron chi connectivity index (χ2n) is 5.97. The number of hydrogen-bond acceptors (Lipinski definition) is 3. The number of hydrogen-bond donors (Lipinski definition) is 3. The summed E-state index contributed by atoms with van der Waals surface area (Å²) in [7, 11) is 3.01. The molecule has 0 aliphatic heterocycles. The number of quaternary nitrogens is 1. The van der Waals surface area contributed by atoms with Gasteiger partial charge in [0, 0.05) is 5.02 Å². The lowest BCUT2D eigenvalue weighted by atomic mass is 10.2. The summed E-state index contributed by atoms with van der Waals surface area (Å²) in [6.45, 7) is -0.304. The Kier molecular flexibility index (Phi) is 7.24. The normalized spacial score (nSPS) is 11.6. The van der Waals surface area contributed by atoms with E-state index in [1.165, 1.54) is 13.2 Å². The molecule has 6 nitrogen and oxygen atoms in total. The summed E-state index contributed by atoms with van der Waals surface area (Å²) >= 11 is 5.90. The number of carbonyl (C=O) groups excluding carboxylic acids is 2. The SMILES string of the molecule is COc1ccc(Cl)cc1NC(=O)C[NH+](C)CC(=O)Nc1ccc(F)c(F)c1F. The quantitative estimate of drug-likeness (QED) is 0.603. The molecule has 2 amide bonds. The average Bonchev–Trinajstić information content (AvgIpc) is 2.62. The highest BCUT2D eigenvalue weighted by atomic mass is 35.5. The van der Waals surface area contributed by atoms with Crippen LogP contribution >= 0.6 is 11.6 Å². The predicted molar refractivity (Wildman–Crippen MR) is 98.2 cm³/mol. The summed E-state index contributed by atoms with van der Waals surface area (Å²) in [5.74, 6) is -5.18. The molecule has 0 radical (unpaired) electrons. The molecule has 0 bridgehead atoms. The van der Waals surface area contributed by atoms with Crippen molar-refractivity contribution in [2.45, 2.75) is 0 Å². The molecule has 0 saturated carbocycles. The van der Waals surface area contributed by atoms with Gasteiger partial charge in [-0.25, -0.2) is 13.2 Å². The van der Waals surface area contributed by atoms with Gasteiger partial charge in [-0.15, -0.1) is 0 Å². The van der Waals surface area contributed by atoms with E-state index in [9.17, 15) is 22.8 Å². The van der Waals surface area contributed by atoms with Crippen LogP contribution in [-0.4, -0.2) is 39.1 Å². The molecule has 150 valence electrons. The molecule has 0 aliphatic carbocycles. The molecule has 0 aliphatic rings. The van der Waals surface area contributed by atoms with Gasteiger partial charge in [0.2, 0.25) is 0 Å². The van der Waals surface area contributed by atoms with Gasteiger partial charge in [0.05, 0.1) is 25.5 Å². The Morgan fingerprint density at radius 2 is 1.61 bits per heavy atom. The van der Waals surface area contributed by atoms with Gasteiger partial charge in [0.15, 0.2) is 30.5 Å². The Morgan fingerprint density at radius 1 is 1.00 bits per heavy atom. The van der Waals surface area contributed by atoms with Crippen LogP contribution in [0.3, 0.4) is 0 Å². The Balaban J connectivity index is 1.92. The largest absolute Gasteiger partial charge is 0.495 e. The Bertz CT molecular complexity index is 896. The van der Waals surface area contributed by atoms with Crippen molar-refractivity contribution in [1.29, 1.82) is 0 Å². The van der Waals surface area contributed by atoms with E-state index in [-0.39, 0.29) is 13.1 Å². The van der Waals surface area contributed by atoms with E-state index in [1.54, 1.807) is 19.2 Å². The topological polar surface area (TPSA) is 71.9 Å². The van der Waals surface area contributed by atoms with Gasteiger partial charge in [-0.3, -0.25) is 9.59 Å². The van der Waals surface area contributed by atoms with Crippen LogP contribution in [0.15, 0.2) is 30.3 Å². The molecular formula is C18H18ClF3N3O3+. The fraction of sp³-hybridized carbons (Fsp3) is 0.222. The van der Waals surface area contributed by atoms with E-state index in [4.69, 9.17) is 16.3 Å². The van der Waals surface area contributed by atoms with E-state index >= 15 is 0 Å². The minimum absolute atomic E-state index is 0.0939. The molecule has 1 unspecified atom stereocenters. The maximum atomic E-state index is 13.6. The van der Waals surface area contributed by atoms with Gasteiger partial charge >= 0.3 is 0 Å². The number of rotatable bonds is 7. The van der Waals surface area contributed by atoms with Crippen LogP contribution < -0.4 is 20.3 Å². The summed E-state index contributed by atoms with van der Waals surface area (Å²) in [6, 6.07) is 6.34. The van der Waals surface area contributed by atoms with Gasteiger partial charge in [0.1, 0.15) is 5.75 Å². The number of benzene rings is 2. The van der Waals surface area contributed by atoms with E-state index in [2.05, 4.69) is 10.6 Å². The smallest absolute Gasteiger partial charge is 0.279 e. The molecule has 2 aromatic rings. The van der Waals surface area contributed by atoms with Crippen molar-refractivity contribution >= 4 is 34.8 Å². The third kappa shape index (κ3) is 5.61. The summed E-state index contributed by atoms with van der Waals surface area (Å²) in [5, 5.41) is 5.18. The van der Waals surface area contributed by atoms with Crippen LogP contribution in [0.25, 0.3) is 0 Å². The number of anilines is 2. The Labute approximate surface area is 164 Å². The number of methoxy groups -OCH3 is 1. The van der Waals surface area contributed by atoms with Crippen molar-refractivity contribution in [2.75, 3.05) is 37.9 Å². The molecule has 0 aromatic heterocycles. The highest BCUT2D eigenvalue weighted by Gasteiger charge is 2.19. The molecule has 10 heteroatoms. The second kappa shape index (κ2) is 9.43. The lowest BCUT2D eigenvalue weighted by molar-refractivity contribution is -0.862. The van der Waals surface area contributed by atoms with Crippen molar-refractivity contribution in [2.24, 2.45) is 0 Å². The number of likely N-dealkylation sites (N-methyl/N-ethyl adjacent to an activating group) is 1. The molecule has 0 heterocycles. The average molecular weight is 417 g/mol. The van der Waals surface area contributed by atoms with Gasteiger partial charge in [-0.2, -0.15) is 0 Å². The summed E-state index contributed by atoms with van der Waals surface area (Å²) in [4.78, 5) is 24.6. The number of amides is 2. The van der Waals surface area contributed by atoms with Crippen LogP contribution in [0.5, 0.6) is 5.75 Å². The first kappa shape index (κ1) is 21.5. The van der Waals surface area contributed by atoms with Crippen molar-refractivity contribution in [3.8, 4) is 5.75 Å². The molecule has 2 aromatic carbocycles. The number of halogens is 4. The minimum atomic E-state index is -1.67. The van der Waals surface area contributed by atoms with Crippen LogP contribution in [0.2, 0.25) is 5.02 Å². The lowest BCUT2D eigenvalue weighted by Gasteiger charge is -2.15. The third-order valence-corrected chi connectivity index (χ3v) is 3.90. The molecule has 28 heavy (non-hydrogen) atoms. The molecule has 0 spiro atoms. The minimum Gasteiger partial charge on any atom is -0.495 e. The number of ether oxygens (including phenoxy) is 1. The number of nitrogens with one attached hydrogen (secondary N) is 3. The van der Waals surface area contributed by atoms with Crippen LogP contribution in [0.4, 0.5) is 24.5 Å². The zero-order valence-corrected chi connectivity index (χ0v) is 15.8. The highest BCUT2D eigenvalue weighted by Crippen LogP contribution is 2.27. The molecule has 0 saturated heterocycles. The van der Waals surface area contributed by atoms with Gasteiger partial charge in [-0.05, 0) is 30.3 Å². The monoisotopic (exact) mass is 416 g/mol. The number of carbonyl (C=O) groups is 2. The second-order valence-corrected chi connectivity index (χ2v) is 6.41. The zero-order valence-electron chi connectivity index (χ0n) is 15.0. The molecule has 1 atom stereocenters. The maximum Gasteiger partial charge on any atom is 0.279 e. The standard InChI is InChI=1S/C18H17ClF3N3O3/c1-25(8-15(26)23-12-5-4-11(20)17(21)18(12)22)9-16(27)24-13-7-10(19)3-6-14(13)28-2/h3-7H,8-9H2,1-2H3,(H,23,26)(H,24,27)/p+1. The third-order valence-electron chi connectivity index (χ3n) is 3.67. The van der Waals surface area contributed by atoms with Crippen molar-refractivity contribution in [3.63, 3.8) is 0 Å². The first-order valence-electron chi connectivity index (χ1n) is 8.09. The van der Waals surface area contributed by atoms with Crippen LogP contribution in [-0.2, 0) is 9.59 Å². The Morgan fingerprint density at radius 3 is 2.21 bits per heavy atom. The lowest BCUT2D eigenvalue weighted by Crippen LogP contribution is -3.11. The molecule has 3 N–H and O–H groups in total. The summed E-state index contributed by atoms with van der Waals surface area (Å²) < 4.78 is 44.8.